The minimum Gasteiger partial charge on any atom is -0.298 e. The molecule has 0 radical (unpaired) electrons. The number of hydrogen-bond acceptors (Lipinski definition) is 8. The molecule has 10 nitrogen and oxygen atoms in total. The topological polar surface area (TPSA) is 148 Å². The smallest absolute Gasteiger partial charge is 0.288 e. The number of nitrogens with one attached hydrogen (secondary N) is 3. The van der Waals surface area contributed by atoms with Crippen molar-refractivity contribution in [3.63, 3.8) is 0 Å². The summed E-state index contributed by atoms with van der Waals surface area (Å²) in [5.41, 5.74) is 14.8. The van der Waals surface area contributed by atoms with Crippen molar-refractivity contribution in [1.82, 2.24) is 30.8 Å². The number of halogens is 1. The maximum Gasteiger partial charge on any atom is 0.288 e. The molecular formula is C42H33ClN8O2. The molecule has 0 saturated carbocycles. The number of hydrogen-bond donors (Lipinski definition) is 4. The lowest BCUT2D eigenvalue weighted by atomic mass is 10.1. The number of anilines is 1. The Morgan fingerprint density at radius 1 is 0.528 bits per heavy atom. The number of nitrogen functional groups attached to an aromatic ring is 1. The summed E-state index contributed by atoms with van der Waals surface area (Å²) < 4.78 is 0. The lowest BCUT2D eigenvalue weighted by Crippen LogP contribution is -2.30. The Balaban J connectivity index is 0.000000152. The molecule has 260 valence electrons. The molecule has 0 atom stereocenters. The monoisotopic (exact) mass is 716 g/mol. The first-order valence-electron chi connectivity index (χ1n) is 16.5. The molecule has 53 heavy (non-hydrogen) atoms. The number of benzene rings is 4. The number of nitrogens with zero attached hydrogens (tertiary/aromatic N) is 4. The number of hydrazine groups is 2. The Morgan fingerprint density at radius 2 is 1.00 bits per heavy atom. The van der Waals surface area contributed by atoms with Gasteiger partial charge in [0.2, 0.25) is 0 Å². The standard InChI is InChI=1S/C21H16N4O.C15H10ClN.C6H7N3O/c26-21(18-12-6-7-13-22-18)25-24-20-14-19(15-8-2-1-3-9-15)23-17-11-5-4-10-16(17)20;16-13-10-15(11-6-2-1-3-7-11)17-14-9-5-4-8-12(13)14;7-9-6(10)5-3-1-2-4-8-5/h1-14H,(H,23,24)(H,25,26);1-10H;1-4H,7H2,(H,9,10). The number of amides is 2. The van der Waals surface area contributed by atoms with Crippen LogP contribution in [0.25, 0.3) is 44.3 Å². The van der Waals surface area contributed by atoms with Crippen LogP contribution in [0.4, 0.5) is 5.69 Å². The number of nitrogens with two attached hydrogens (primary N) is 1. The number of fused-ring (bicyclic) bond motifs is 2. The van der Waals surface area contributed by atoms with Crippen LogP contribution in [0.5, 0.6) is 0 Å². The summed E-state index contributed by atoms with van der Waals surface area (Å²) in [6.45, 7) is 0. The molecule has 4 heterocycles. The third-order valence-corrected chi connectivity index (χ3v) is 8.07. The summed E-state index contributed by atoms with van der Waals surface area (Å²) >= 11 is 6.27. The van der Waals surface area contributed by atoms with Crippen molar-refractivity contribution in [3.8, 4) is 22.5 Å². The van der Waals surface area contributed by atoms with Crippen LogP contribution in [0.1, 0.15) is 21.0 Å². The molecule has 4 aromatic carbocycles. The van der Waals surface area contributed by atoms with Gasteiger partial charge in [-0.3, -0.25) is 35.8 Å². The van der Waals surface area contributed by atoms with Gasteiger partial charge in [-0.1, -0.05) is 121 Å². The van der Waals surface area contributed by atoms with Crippen molar-refractivity contribution in [2.24, 2.45) is 5.84 Å². The van der Waals surface area contributed by atoms with Gasteiger partial charge >= 0.3 is 0 Å². The molecule has 8 aromatic rings. The molecule has 0 saturated heterocycles. The SMILES string of the molecule is Clc1cc(-c2ccccc2)nc2ccccc12.NNC(=O)c1ccccn1.O=C(NNc1cc(-c2ccccc2)nc2ccccc12)c1ccccn1. The Bertz CT molecular complexity index is 2440. The van der Waals surface area contributed by atoms with Gasteiger partial charge in [0.25, 0.3) is 11.8 Å². The molecule has 0 unspecified atom stereocenters. The van der Waals surface area contributed by atoms with Crippen LogP contribution in [0.3, 0.4) is 0 Å². The molecule has 0 aliphatic rings. The normalized spacial score (nSPS) is 10.2. The number of pyridine rings is 4. The van der Waals surface area contributed by atoms with Crippen LogP contribution in [0.2, 0.25) is 5.02 Å². The van der Waals surface area contributed by atoms with Crippen molar-refractivity contribution in [2.75, 3.05) is 5.43 Å². The van der Waals surface area contributed by atoms with Crippen LogP contribution in [-0.4, -0.2) is 31.8 Å². The summed E-state index contributed by atoms with van der Waals surface area (Å²) in [7, 11) is 0. The first-order valence-corrected chi connectivity index (χ1v) is 16.8. The Hall–Kier alpha value is -7.01. The van der Waals surface area contributed by atoms with E-state index in [0.717, 1.165) is 55.0 Å². The summed E-state index contributed by atoms with van der Waals surface area (Å²) in [6.07, 6.45) is 3.12. The van der Waals surface area contributed by atoms with Crippen molar-refractivity contribution in [3.05, 3.63) is 187 Å². The van der Waals surface area contributed by atoms with E-state index in [9.17, 15) is 9.59 Å². The molecule has 0 fully saturated rings. The van der Waals surface area contributed by atoms with E-state index in [1.165, 1.54) is 6.20 Å². The van der Waals surface area contributed by atoms with Crippen molar-refractivity contribution in [2.45, 2.75) is 0 Å². The third-order valence-electron chi connectivity index (χ3n) is 7.76. The minimum absolute atomic E-state index is 0.298. The summed E-state index contributed by atoms with van der Waals surface area (Å²) in [5, 5.41) is 2.66. The summed E-state index contributed by atoms with van der Waals surface area (Å²) in [5.74, 6) is 4.19. The number of rotatable bonds is 6. The van der Waals surface area contributed by atoms with Crippen LogP contribution in [0.15, 0.2) is 170 Å². The second kappa shape index (κ2) is 17.8. The molecule has 0 aliphatic heterocycles. The Morgan fingerprint density at radius 3 is 1.55 bits per heavy atom. The molecular weight excluding hydrogens is 684 g/mol. The first kappa shape index (κ1) is 35.8. The zero-order valence-corrected chi connectivity index (χ0v) is 29.0. The van der Waals surface area contributed by atoms with Crippen LogP contribution < -0.4 is 22.1 Å². The first-order chi connectivity index (χ1) is 26.0. The highest BCUT2D eigenvalue weighted by Gasteiger charge is 2.10. The minimum atomic E-state index is -0.374. The van der Waals surface area contributed by atoms with E-state index >= 15 is 0 Å². The zero-order valence-electron chi connectivity index (χ0n) is 28.2. The second-order valence-corrected chi connectivity index (χ2v) is 11.7. The van der Waals surface area contributed by atoms with Crippen molar-refractivity contribution >= 4 is 50.9 Å². The Labute approximate surface area is 310 Å². The highest BCUT2D eigenvalue weighted by molar-refractivity contribution is 6.35. The van der Waals surface area contributed by atoms with E-state index in [4.69, 9.17) is 22.4 Å². The molecule has 0 spiro atoms. The van der Waals surface area contributed by atoms with E-state index in [1.54, 1.807) is 42.6 Å². The molecule has 4 aromatic heterocycles. The third kappa shape index (κ3) is 9.41. The summed E-state index contributed by atoms with van der Waals surface area (Å²) in [6, 6.07) is 49.8. The molecule has 8 rings (SSSR count). The Kier molecular flexibility index (Phi) is 12.0. The van der Waals surface area contributed by atoms with E-state index in [-0.39, 0.29) is 11.8 Å². The van der Waals surface area contributed by atoms with E-state index in [2.05, 4.69) is 25.8 Å². The van der Waals surface area contributed by atoms with Gasteiger partial charge in [-0.15, -0.1) is 0 Å². The number of aromatic nitrogens is 4. The predicted molar refractivity (Wildman–Crippen MR) is 211 cm³/mol. The van der Waals surface area contributed by atoms with E-state index in [0.29, 0.717) is 11.4 Å². The fraction of sp³-hybridized carbons (Fsp3) is 0. The number of carbonyl (C=O) groups excluding carboxylic acids is 2. The maximum atomic E-state index is 12.3. The number of carbonyl (C=O) groups is 2. The van der Waals surface area contributed by atoms with Crippen LogP contribution in [0, 0.1) is 0 Å². The zero-order chi connectivity index (χ0) is 36.8. The van der Waals surface area contributed by atoms with Gasteiger partial charge in [-0.05, 0) is 48.5 Å². The van der Waals surface area contributed by atoms with E-state index in [1.807, 2.05) is 127 Å². The van der Waals surface area contributed by atoms with Gasteiger partial charge in [0.15, 0.2) is 0 Å². The van der Waals surface area contributed by atoms with Gasteiger partial charge in [0.1, 0.15) is 11.4 Å². The number of para-hydroxylation sites is 2. The molecule has 0 bridgehead atoms. The van der Waals surface area contributed by atoms with Gasteiger partial charge in [-0.25, -0.2) is 15.8 Å². The van der Waals surface area contributed by atoms with Crippen molar-refractivity contribution in [1.29, 1.82) is 0 Å². The average molecular weight is 717 g/mol. The largest absolute Gasteiger partial charge is 0.298 e. The van der Waals surface area contributed by atoms with Gasteiger partial charge < -0.3 is 0 Å². The fourth-order valence-electron chi connectivity index (χ4n) is 5.18. The molecule has 0 aliphatic carbocycles. The van der Waals surface area contributed by atoms with Crippen LogP contribution >= 0.6 is 11.6 Å². The highest BCUT2D eigenvalue weighted by Crippen LogP contribution is 2.29. The molecule has 5 N–H and O–H groups in total. The van der Waals surface area contributed by atoms with Crippen LogP contribution in [-0.2, 0) is 0 Å². The average Bonchev–Trinajstić information content (AvgIpc) is 3.24. The van der Waals surface area contributed by atoms with Gasteiger partial charge in [0.05, 0.1) is 33.1 Å². The quantitative estimate of drug-likeness (QED) is 0.0763. The van der Waals surface area contributed by atoms with E-state index < -0.39 is 0 Å². The lowest BCUT2D eigenvalue weighted by Gasteiger charge is -2.13. The fourth-order valence-corrected chi connectivity index (χ4v) is 5.44. The second-order valence-electron chi connectivity index (χ2n) is 11.3. The van der Waals surface area contributed by atoms with Gasteiger partial charge in [-0.2, -0.15) is 0 Å². The van der Waals surface area contributed by atoms with Gasteiger partial charge in [0, 0.05) is 34.3 Å². The molecule has 11 heteroatoms. The van der Waals surface area contributed by atoms with Crippen molar-refractivity contribution < 1.29 is 9.59 Å². The predicted octanol–water partition coefficient (Wildman–Crippen LogP) is 8.29. The maximum absolute atomic E-state index is 12.3. The summed E-state index contributed by atoms with van der Waals surface area (Å²) in [4.78, 5) is 40.1. The lowest BCUT2D eigenvalue weighted by molar-refractivity contribution is 0.0944. The highest BCUT2D eigenvalue weighted by atomic mass is 35.5. The molecule has 2 amide bonds.